The standard InChI is InChI=1S/C20H26N4OS/c25-19(13-17-7-4-8-21-17)24-11-9-23(10-12-24)14-18-15-26-20(22-18)16-5-2-1-3-6-16/h1-3,5-6,15,17,21H,4,7-14H2. The summed E-state index contributed by atoms with van der Waals surface area (Å²) in [5.74, 6) is 0.309. The van der Waals surface area contributed by atoms with E-state index in [1.165, 1.54) is 12.0 Å². The maximum atomic E-state index is 12.4. The Morgan fingerprint density at radius 2 is 2.00 bits per heavy atom. The van der Waals surface area contributed by atoms with Gasteiger partial charge in [0.2, 0.25) is 5.91 Å². The molecule has 1 amide bonds. The number of rotatable bonds is 5. The zero-order valence-electron chi connectivity index (χ0n) is 15.1. The molecule has 6 heteroatoms. The number of aromatic nitrogens is 1. The lowest BCUT2D eigenvalue weighted by atomic mass is 10.1. The van der Waals surface area contributed by atoms with E-state index in [0.717, 1.165) is 56.4 Å². The van der Waals surface area contributed by atoms with Crippen molar-refractivity contribution in [3.05, 3.63) is 41.4 Å². The Morgan fingerprint density at radius 3 is 2.73 bits per heavy atom. The van der Waals surface area contributed by atoms with Crippen molar-refractivity contribution in [2.24, 2.45) is 0 Å². The molecule has 2 saturated heterocycles. The van der Waals surface area contributed by atoms with Crippen LogP contribution in [0.15, 0.2) is 35.7 Å². The highest BCUT2D eigenvalue weighted by Gasteiger charge is 2.25. The molecule has 3 heterocycles. The molecule has 5 nitrogen and oxygen atoms in total. The molecule has 26 heavy (non-hydrogen) atoms. The van der Waals surface area contributed by atoms with Gasteiger partial charge >= 0.3 is 0 Å². The maximum absolute atomic E-state index is 12.4. The summed E-state index contributed by atoms with van der Waals surface area (Å²) in [6.45, 7) is 5.46. The minimum Gasteiger partial charge on any atom is -0.340 e. The van der Waals surface area contributed by atoms with Gasteiger partial charge < -0.3 is 10.2 Å². The van der Waals surface area contributed by atoms with Crippen molar-refractivity contribution in [3.8, 4) is 10.6 Å². The lowest BCUT2D eigenvalue weighted by molar-refractivity contribution is -0.133. The van der Waals surface area contributed by atoms with Gasteiger partial charge in [0.15, 0.2) is 0 Å². The van der Waals surface area contributed by atoms with Gasteiger partial charge in [-0.1, -0.05) is 30.3 Å². The highest BCUT2D eigenvalue weighted by molar-refractivity contribution is 7.13. The van der Waals surface area contributed by atoms with E-state index >= 15 is 0 Å². The van der Waals surface area contributed by atoms with Gasteiger partial charge in [-0.05, 0) is 19.4 Å². The number of nitrogens with one attached hydrogen (secondary N) is 1. The number of carbonyl (C=O) groups excluding carboxylic acids is 1. The summed E-state index contributed by atoms with van der Waals surface area (Å²) >= 11 is 1.71. The third-order valence-corrected chi connectivity index (χ3v) is 6.21. The maximum Gasteiger partial charge on any atom is 0.224 e. The first-order valence-corrected chi connectivity index (χ1v) is 10.4. The van der Waals surface area contributed by atoms with E-state index in [1.807, 2.05) is 23.1 Å². The molecule has 0 spiro atoms. The summed E-state index contributed by atoms with van der Waals surface area (Å²) in [5.41, 5.74) is 2.31. The van der Waals surface area contributed by atoms with Crippen LogP contribution < -0.4 is 5.32 Å². The van der Waals surface area contributed by atoms with Crippen molar-refractivity contribution < 1.29 is 4.79 Å². The van der Waals surface area contributed by atoms with Gasteiger partial charge in [-0.15, -0.1) is 11.3 Å². The molecule has 1 atom stereocenters. The molecule has 1 unspecified atom stereocenters. The highest BCUT2D eigenvalue weighted by atomic mass is 32.1. The van der Waals surface area contributed by atoms with Gasteiger partial charge in [-0.2, -0.15) is 0 Å². The smallest absolute Gasteiger partial charge is 0.224 e. The zero-order valence-corrected chi connectivity index (χ0v) is 15.9. The molecular weight excluding hydrogens is 344 g/mol. The fourth-order valence-corrected chi connectivity index (χ4v) is 4.57. The SMILES string of the molecule is O=C(CC1CCCN1)N1CCN(Cc2csc(-c3ccccc3)n2)CC1. The van der Waals surface area contributed by atoms with Crippen LogP contribution in [0.5, 0.6) is 0 Å². The molecule has 2 aliphatic rings. The van der Waals surface area contributed by atoms with Gasteiger partial charge in [-0.3, -0.25) is 9.69 Å². The van der Waals surface area contributed by atoms with Gasteiger partial charge in [-0.25, -0.2) is 4.98 Å². The van der Waals surface area contributed by atoms with E-state index in [0.29, 0.717) is 18.4 Å². The van der Waals surface area contributed by atoms with E-state index in [9.17, 15) is 4.79 Å². The molecule has 0 aliphatic carbocycles. The average molecular weight is 371 g/mol. The second kappa shape index (κ2) is 8.29. The third kappa shape index (κ3) is 4.31. The number of hydrogen-bond donors (Lipinski definition) is 1. The second-order valence-electron chi connectivity index (χ2n) is 7.16. The van der Waals surface area contributed by atoms with Gasteiger partial charge in [0, 0.05) is 56.1 Å². The molecule has 2 fully saturated rings. The number of carbonyl (C=O) groups is 1. The topological polar surface area (TPSA) is 48.5 Å². The van der Waals surface area contributed by atoms with Crippen molar-refractivity contribution in [2.75, 3.05) is 32.7 Å². The fraction of sp³-hybridized carbons (Fsp3) is 0.500. The van der Waals surface area contributed by atoms with Crippen LogP contribution in [-0.2, 0) is 11.3 Å². The Labute approximate surface area is 159 Å². The summed E-state index contributed by atoms with van der Waals surface area (Å²) < 4.78 is 0. The quantitative estimate of drug-likeness (QED) is 0.879. The Hall–Kier alpha value is -1.76. The molecular formula is C20H26N4OS. The molecule has 2 aromatic rings. The molecule has 2 aliphatic heterocycles. The number of amides is 1. The molecule has 138 valence electrons. The molecule has 1 N–H and O–H groups in total. The predicted molar refractivity (Wildman–Crippen MR) is 105 cm³/mol. The Balaban J connectivity index is 1.26. The van der Waals surface area contributed by atoms with E-state index in [2.05, 4.69) is 27.7 Å². The van der Waals surface area contributed by atoms with E-state index in [4.69, 9.17) is 4.98 Å². The van der Waals surface area contributed by atoms with Crippen LogP contribution in [0.25, 0.3) is 10.6 Å². The molecule has 1 aromatic heterocycles. The first kappa shape index (κ1) is 17.6. The summed E-state index contributed by atoms with van der Waals surface area (Å²) in [4.78, 5) is 21.7. The van der Waals surface area contributed by atoms with Crippen molar-refractivity contribution in [3.63, 3.8) is 0 Å². The van der Waals surface area contributed by atoms with Crippen LogP contribution in [0.2, 0.25) is 0 Å². The lowest BCUT2D eigenvalue weighted by Crippen LogP contribution is -2.49. The number of hydrogen-bond acceptors (Lipinski definition) is 5. The lowest BCUT2D eigenvalue weighted by Gasteiger charge is -2.34. The van der Waals surface area contributed by atoms with Gasteiger partial charge in [0.1, 0.15) is 5.01 Å². The number of benzene rings is 1. The van der Waals surface area contributed by atoms with E-state index in [-0.39, 0.29) is 0 Å². The van der Waals surface area contributed by atoms with Crippen LogP contribution in [0.3, 0.4) is 0 Å². The number of piperazine rings is 1. The fourth-order valence-electron chi connectivity index (χ4n) is 3.75. The Kier molecular flexibility index (Phi) is 5.62. The normalized spacial score (nSPS) is 21.2. The average Bonchev–Trinajstić information content (AvgIpc) is 3.35. The zero-order chi connectivity index (χ0) is 17.8. The van der Waals surface area contributed by atoms with Crippen molar-refractivity contribution in [2.45, 2.75) is 31.8 Å². The van der Waals surface area contributed by atoms with Crippen molar-refractivity contribution in [1.29, 1.82) is 0 Å². The molecule has 0 bridgehead atoms. The Bertz CT molecular complexity index is 718. The van der Waals surface area contributed by atoms with Crippen LogP contribution >= 0.6 is 11.3 Å². The highest BCUT2D eigenvalue weighted by Crippen LogP contribution is 2.24. The first-order valence-electron chi connectivity index (χ1n) is 9.51. The molecule has 0 saturated carbocycles. The number of thiazole rings is 1. The van der Waals surface area contributed by atoms with Crippen molar-refractivity contribution >= 4 is 17.2 Å². The predicted octanol–water partition coefficient (Wildman–Crippen LogP) is 2.60. The molecule has 1 aromatic carbocycles. The van der Waals surface area contributed by atoms with Crippen LogP contribution in [0.4, 0.5) is 0 Å². The van der Waals surface area contributed by atoms with E-state index in [1.54, 1.807) is 11.3 Å². The summed E-state index contributed by atoms with van der Waals surface area (Å²) in [5, 5.41) is 6.66. The third-order valence-electron chi connectivity index (χ3n) is 5.27. The monoisotopic (exact) mass is 370 g/mol. The summed E-state index contributed by atoms with van der Waals surface area (Å²) in [6, 6.07) is 10.7. The first-order chi connectivity index (χ1) is 12.8. The van der Waals surface area contributed by atoms with Crippen LogP contribution in [-0.4, -0.2) is 59.5 Å². The number of nitrogens with zero attached hydrogens (tertiary/aromatic N) is 3. The second-order valence-corrected chi connectivity index (χ2v) is 8.02. The van der Waals surface area contributed by atoms with Crippen molar-refractivity contribution in [1.82, 2.24) is 20.1 Å². The van der Waals surface area contributed by atoms with Crippen LogP contribution in [0.1, 0.15) is 25.0 Å². The summed E-state index contributed by atoms with van der Waals surface area (Å²) in [7, 11) is 0. The molecule has 4 rings (SSSR count). The van der Waals surface area contributed by atoms with E-state index < -0.39 is 0 Å². The van der Waals surface area contributed by atoms with Gasteiger partial charge in [0.25, 0.3) is 0 Å². The minimum atomic E-state index is 0.309. The molecule has 0 radical (unpaired) electrons. The van der Waals surface area contributed by atoms with Crippen LogP contribution in [0, 0.1) is 0 Å². The Morgan fingerprint density at radius 1 is 1.19 bits per heavy atom. The largest absolute Gasteiger partial charge is 0.340 e. The summed E-state index contributed by atoms with van der Waals surface area (Å²) in [6.07, 6.45) is 3.00. The minimum absolute atomic E-state index is 0.309. The van der Waals surface area contributed by atoms with Gasteiger partial charge in [0.05, 0.1) is 5.69 Å².